The topological polar surface area (TPSA) is 37.3 Å². The molecule has 0 spiro atoms. The quantitative estimate of drug-likeness (QED) is 0.782. The van der Waals surface area contributed by atoms with Crippen LogP contribution in [0.25, 0.3) is 0 Å². The van der Waals surface area contributed by atoms with Crippen molar-refractivity contribution >= 4 is 5.91 Å². The molecule has 0 aliphatic heterocycles. The minimum absolute atomic E-state index is 0.142. The molecule has 0 unspecified atom stereocenters. The smallest absolute Gasteiger partial charge is 0.270 e. The van der Waals surface area contributed by atoms with Gasteiger partial charge in [0.1, 0.15) is 5.69 Å². The molecule has 0 aromatic carbocycles. The molecule has 0 saturated heterocycles. The van der Waals surface area contributed by atoms with Crippen LogP contribution in [0.4, 0.5) is 0 Å². The maximum atomic E-state index is 12.3. The van der Waals surface area contributed by atoms with E-state index in [0.29, 0.717) is 6.04 Å². The normalized spacial score (nSPS) is 15.4. The molecule has 18 heavy (non-hydrogen) atoms. The first-order valence-corrected chi connectivity index (χ1v) is 6.81. The Hall–Kier alpha value is -1.29. The number of carbonyl (C=O) groups is 1. The van der Waals surface area contributed by atoms with Crippen LogP contribution < -0.4 is 5.32 Å². The van der Waals surface area contributed by atoms with Crippen molar-refractivity contribution < 1.29 is 4.79 Å². The zero-order valence-electron chi connectivity index (χ0n) is 11.4. The maximum absolute atomic E-state index is 12.3. The Bertz CT molecular complexity index is 395. The summed E-state index contributed by atoms with van der Waals surface area (Å²) in [5.41, 5.74) is 0.839. The van der Waals surface area contributed by atoms with Crippen molar-refractivity contribution in [1.82, 2.24) is 14.8 Å². The predicted molar refractivity (Wildman–Crippen MR) is 72.8 cm³/mol. The first-order chi connectivity index (χ1) is 8.74. The van der Waals surface area contributed by atoms with E-state index in [9.17, 15) is 4.79 Å². The Morgan fingerprint density at radius 2 is 2.33 bits per heavy atom. The van der Waals surface area contributed by atoms with E-state index in [1.54, 1.807) is 0 Å². The van der Waals surface area contributed by atoms with Gasteiger partial charge in [0.2, 0.25) is 0 Å². The van der Waals surface area contributed by atoms with Crippen molar-refractivity contribution in [2.75, 3.05) is 27.2 Å². The average Bonchev–Trinajstić information content (AvgIpc) is 2.75. The summed E-state index contributed by atoms with van der Waals surface area (Å²) >= 11 is 0. The van der Waals surface area contributed by atoms with E-state index in [-0.39, 0.29) is 5.91 Å². The third-order valence-electron chi connectivity index (χ3n) is 3.73. The van der Waals surface area contributed by atoms with Crippen LogP contribution in [0.15, 0.2) is 18.3 Å². The van der Waals surface area contributed by atoms with Gasteiger partial charge in [0.25, 0.3) is 5.91 Å². The van der Waals surface area contributed by atoms with Gasteiger partial charge in [-0.2, -0.15) is 0 Å². The van der Waals surface area contributed by atoms with E-state index in [4.69, 9.17) is 0 Å². The molecule has 1 heterocycles. The lowest BCUT2D eigenvalue weighted by Gasteiger charge is -2.29. The van der Waals surface area contributed by atoms with Crippen LogP contribution >= 0.6 is 0 Å². The standard InChI is InChI=1S/C14H23N3O/c1-15-9-5-10-16(2)14(18)13-8-4-11-17(13)12-6-3-7-12/h4,8,11-12,15H,3,5-7,9-10H2,1-2H3. The number of hydrogen-bond acceptors (Lipinski definition) is 2. The van der Waals surface area contributed by atoms with E-state index in [1.807, 2.05) is 37.3 Å². The lowest BCUT2D eigenvalue weighted by molar-refractivity contribution is 0.0777. The summed E-state index contributed by atoms with van der Waals surface area (Å²) in [4.78, 5) is 14.2. The van der Waals surface area contributed by atoms with Gasteiger partial charge in [0, 0.05) is 25.8 Å². The largest absolute Gasteiger partial charge is 0.340 e. The molecule has 0 bridgehead atoms. The number of carbonyl (C=O) groups excluding carboxylic acids is 1. The molecule has 100 valence electrons. The van der Waals surface area contributed by atoms with Crippen molar-refractivity contribution in [3.05, 3.63) is 24.0 Å². The second-order valence-corrected chi connectivity index (χ2v) is 5.07. The fourth-order valence-electron chi connectivity index (χ4n) is 2.35. The second kappa shape index (κ2) is 6.05. The molecular weight excluding hydrogens is 226 g/mol. The summed E-state index contributed by atoms with van der Waals surface area (Å²) in [5, 5.41) is 3.10. The Balaban J connectivity index is 1.97. The predicted octanol–water partition coefficient (Wildman–Crippen LogP) is 1.89. The SMILES string of the molecule is CNCCCN(C)C(=O)c1cccn1C1CCC1. The van der Waals surface area contributed by atoms with Crippen LogP contribution in [-0.4, -0.2) is 42.6 Å². The minimum Gasteiger partial charge on any atom is -0.340 e. The molecule has 1 amide bonds. The fraction of sp³-hybridized carbons (Fsp3) is 0.643. The fourth-order valence-corrected chi connectivity index (χ4v) is 2.35. The van der Waals surface area contributed by atoms with Crippen molar-refractivity contribution in [2.24, 2.45) is 0 Å². The first-order valence-electron chi connectivity index (χ1n) is 6.81. The van der Waals surface area contributed by atoms with E-state index in [0.717, 1.165) is 25.2 Å². The number of hydrogen-bond donors (Lipinski definition) is 1. The van der Waals surface area contributed by atoms with E-state index in [2.05, 4.69) is 9.88 Å². The van der Waals surface area contributed by atoms with Gasteiger partial charge in [-0.3, -0.25) is 4.79 Å². The highest BCUT2D eigenvalue weighted by Crippen LogP contribution is 2.32. The number of amides is 1. The number of rotatable bonds is 6. The number of aromatic nitrogens is 1. The summed E-state index contributed by atoms with van der Waals surface area (Å²) in [5.74, 6) is 0.142. The molecule has 1 aromatic rings. The van der Waals surface area contributed by atoms with Crippen LogP contribution in [0.1, 0.15) is 42.2 Å². The van der Waals surface area contributed by atoms with Crippen LogP contribution in [0.5, 0.6) is 0 Å². The van der Waals surface area contributed by atoms with Crippen molar-refractivity contribution in [1.29, 1.82) is 0 Å². The monoisotopic (exact) mass is 249 g/mol. The molecule has 1 saturated carbocycles. The van der Waals surface area contributed by atoms with Gasteiger partial charge in [0.05, 0.1) is 0 Å². The van der Waals surface area contributed by atoms with Gasteiger partial charge in [-0.1, -0.05) is 0 Å². The van der Waals surface area contributed by atoms with Gasteiger partial charge < -0.3 is 14.8 Å². The van der Waals surface area contributed by atoms with Gasteiger partial charge in [-0.25, -0.2) is 0 Å². The molecule has 1 aliphatic carbocycles. The molecule has 1 aliphatic rings. The number of nitrogens with one attached hydrogen (secondary N) is 1. The summed E-state index contributed by atoms with van der Waals surface area (Å²) in [7, 11) is 3.82. The van der Waals surface area contributed by atoms with Crippen molar-refractivity contribution in [3.8, 4) is 0 Å². The highest BCUT2D eigenvalue weighted by molar-refractivity contribution is 5.92. The summed E-state index contributed by atoms with van der Waals surface area (Å²) in [6, 6.07) is 4.46. The van der Waals surface area contributed by atoms with Crippen LogP contribution in [0.3, 0.4) is 0 Å². The molecular formula is C14H23N3O. The van der Waals surface area contributed by atoms with Gasteiger partial charge in [0.15, 0.2) is 0 Å². The lowest BCUT2D eigenvalue weighted by atomic mass is 9.93. The molecule has 1 N–H and O–H groups in total. The molecule has 1 fully saturated rings. The Morgan fingerprint density at radius 1 is 1.56 bits per heavy atom. The summed E-state index contributed by atoms with van der Waals surface area (Å²) < 4.78 is 2.15. The Kier molecular flexibility index (Phi) is 4.42. The third kappa shape index (κ3) is 2.75. The van der Waals surface area contributed by atoms with Gasteiger partial charge in [-0.15, -0.1) is 0 Å². The molecule has 0 radical (unpaired) electrons. The average molecular weight is 249 g/mol. The van der Waals surface area contributed by atoms with Crippen molar-refractivity contribution in [3.63, 3.8) is 0 Å². The Labute approximate surface area is 109 Å². The Morgan fingerprint density at radius 3 is 2.94 bits per heavy atom. The summed E-state index contributed by atoms with van der Waals surface area (Å²) in [6.07, 6.45) is 6.73. The molecule has 0 atom stereocenters. The van der Waals surface area contributed by atoms with Crippen LogP contribution in [-0.2, 0) is 0 Å². The highest BCUT2D eigenvalue weighted by Gasteiger charge is 2.24. The van der Waals surface area contributed by atoms with Gasteiger partial charge in [-0.05, 0) is 51.4 Å². The zero-order valence-corrected chi connectivity index (χ0v) is 11.4. The lowest BCUT2D eigenvalue weighted by Crippen LogP contribution is -2.32. The van der Waals surface area contributed by atoms with E-state index >= 15 is 0 Å². The van der Waals surface area contributed by atoms with Crippen LogP contribution in [0.2, 0.25) is 0 Å². The van der Waals surface area contributed by atoms with Crippen LogP contribution in [0, 0.1) is 0 Å². The number of nitrogens with zero attached hydrogens (tertiary/aromatic N) is 2. The molecule has 1 aromatic heterocycles. The minimum atomic E-state index is 0.142. The second-order valence-electron chi connectivity index (χ2n) is 5.07. The summed E-state index contributed by atoms with van der Waals surface area (Å²) in [6.45, 7) is 1.75. The van der Waals surface area contributed by atoms with Gasteiger partial charge >= 0.3 is 0 Å². The van der Waals surface area contributed by atoms with E-state index < -0.39 is 0 Å². The zero-order chi connectivity index (χ0) is 13.0. The van der Waals surface area contributed by atoms with E-state index in [1.165, 1.54) is 19.3 Å². The molecule has 4 nitrogen and oxygen atoms in total. The van der Waals surface area contributed by atoms with Crippen molar-refractivity contribution in [2.45, 2.75) is 31.7 Å². The molecule has 2 rings (SSSR count). The molecule has 4 heteroatoms. The maximum Gasteiger partial charge on any atom is 0.270 e. The highest BCUT2D eigenvalue weighted by atomic mass is 16.2. The first kappa shape index (κ1) is 13.1. The third-order valence-corrected chi connectivity index (χ3v) is 3.73.